The van der Waals surface area contributed by atoms with Gasteiger partial charge < -0.3 is 14.9 Å². The van der Waals surface area contributed by atoms with Crippen LogP contribution in [0.1, 0.15) is 19.4 Å². The second-order valence-electron chi connectivity index (χ2n) is 4.84. The molecular formula is C14H15FO5. The van der Waals surface area contributed by atoms with E-state index in [1.54, 1.807) is 0 Å². The van der Waals surface area contributed by atoms with Gasteiger partial charge in [-0.15, -0.1) is 0 Å². The molecule has 5 nitrogen and oxygen atoms in total. The third-order valence-electron chi connectivity index (χ3n) is 2.54. The minimum absolute atomic E-state index is 0.0770. The lowest BCUT2D eigenvalue weighted by atomic mass is 9.95. The summed E-state index contributed by atoms with van der Waals surface area (Å²) in [5.41, 5.74) is -0.760. The molecular weight excluding hydrogens is 267 g/mol. The van der Waals surface area contributed by atoms with Crippen LogP contribution in [0.3, 0.4) is 0 Å². The fraction of sp³-hybridized carbons (Fsp3) is 0.286. The minimum Gasteiger partial charge on any atom is -0.489 e. The molecule has 2 N–H and O–H groups in total. The first-order valence-corrected chi connectivity index (χ1v) is 5.79. The van der Waals surface area contributed by atoms with Gasteiger partial charge in [0.1, 0.15) is 6.61 Å². The average Bonchev–Trinajstić information content (AvgIpc) is 2.35. The van der Waals surface area contributed by atoms with Gasteiger partial charge in [-0.2, -0.15) is 0 Å². The molecule has 0 spiro atoms. The third-order valence-corrected chi connectivity index (χ3v) is 2.54. The third kappa shape index (κ3) is 4.38. The average molecular weight is 282 g/mol. The summed E-state index contributed by atoms with van der Waals surface area (Å²) < 4.78 is 18.8. The Bertz CT molecular complexity index is 548. The van der Waals surface area contributed by atoms with Crippen molar-refractivity contribution < 1.29 is 28.9 Å². The highest BCUT2D eigenvalue weighted by Gasteiger charge is 2.28. The van der Waals surface area contributed by atoms with Crippen LogP contribution in [-0.4, -0.2) is 28.8 Å². The summed E-state index contributed by atoms with van der Waals surface area (Å²) in [6.07, 6.45) is 2.14. The Hall–Kier alpha value is -2.37. The van der Waals surface area contributed by atoms with E-state index in [2.05, 4.69) is 0 Å². The van der Waals surface area contributed by atoms with Crippen LogP contribution in [0.5, 0.6) is 5.75 Å². The number of carboxylic acid groups (broad SMARTS) is 2. The fourth-order valence-corrected chi connectivity index (χ4v) is 1.23. The van der Waals surface area contributed by atoms with Gasteiger partial charge in [0.2, 0.25) is 0 Å². The highest BCUT2D eigenvalue weighted by molar-refractivity contribution is 5.85. The first-order valence-electron chi connectivity index (χ1n) is 5.79. The first-order chi connectivity index (χ1) is 9.22. The number of ether oxygens (including phenoxy) is 1. The van der Waals surface area contributed by atoms with E-state index in [0.29, 0.717) is 5.56 Å². The molecule has 0 fully saturated rings. The van der Waals surface area contributed by atoms with E-state index in [1.165, 1.54) is 32.1 Å². The number of hydrogen-bond acceptors (Lipinski definition) is 3. The molecule has 0 bridgehead atoms. The normalized spacial score (nSPS) is 11.6. The van der Waals surface area contributed by atoms with Crippen molar-refractivity contribution in [1.82, 2.24) is 0 Å². The summed E-state index contributed by atoms with van der Waals surface area (Å²) >= 11 is 0. The van der Waals surface area contributed by atoms with E-state index in [-0.39, 0.29) is 12.4 Å². The highest BCUT2D eigenvalue weighted by Crippen LogP contribution is 2.23. The summed E-state index contributed by atoms with van der Waals surface area (Å²) in [6, 6.07) is 3.92. The lowest BCUT2D eigenvalue weighted by molar-refractivity contribution is -0.148. The molecule has 6 heteroatoms. The Morgan fingerprint density at radius 2 is 2.00 bits per heavy atom. The number of halogens is 1. The van der Waals surface area contributed by atoms with E-state index in [1.807, 2.05) is 0 Å². The SMILES string of the molecule is CC(C)(COc1ccc(/C=C/C(=O)O)cc1F)C(=O)O. The molecule has 0 saturated heterocycles. The number of hydrogen-bond donors (Lipinski definition) is 2. The zero-order valence-electron chi connectivity index (χ0n) is 11.1. The zero-order chi connectivity index (χ0) is 15.3. The molecule has 0 amide bonds. The van der Waals surface area contributed by atoms with Gasteiger partial charge in [-0.1, -0.05) is 6.07 Å². The summed E-state index contributed by atoms with van der Waals surface area (Å²) in [5, 5.41) is 17.4. The molecule has 0 saturated carbocycles. The second-order valence-corrected chi connectivity index (χ2v) is 4.84. The van der Waals surface area contributed by atoms with Crippen LogP contribution in [0.4, 0.5) is 4.39 Å². The number of carboxylic acids is 2. The van der Waals surface area contributed by atoms with Gasteiger partial charge >= 0.3 is 11.9 Å². The van der Waals surface area contributed by atoms with Crippen LogP contribution in [0.25, 0.3) is 6.08 Å². The molecule has 1 rings (SSSR count). The lowest BCUT2D eigenvalue weighted by Crippen LogP contribution is -2.30. The minimum atomic E-state index is -1.13. The Balaban J connectivity index is 2.79. The Morgan fingerprint density at radius 3 is 2.50 bits per heavy atom. The van der Waals surface area contributed by atoms with E-state index < -0.39 is 23.2 Å². The zero-order valence-corrected chi connectivity index (χ0v) is 11.1. The van der Waals surface area contributed by atoms with Crippen molar-refractivity contribution in [2.45, 2.75) is 13.8 Å². The molecule has 0 radical (unpaired) electrons. The Labute approximate surface area is 115 Å². The summed E-state index contributed by atoms with van der Waals surface area (Å²) in [5.74, 6) is -2.93. The van der Waals surface area contributed by atoms with E-state index in [4.69, 9.17) is 14.9 Å². The van der Waals surface area contributed by atoms with E-state index >= 15 is 0 Å². The maximum atomic E-state index is 13.7. The number of benzene rings is 1. The van der Waals surface area contributed by atoms with Gasteiger partial charge in [0.05, 0.1) is 5.41 Å². The second kappa shape index (κ2) is 6.18. The highest BCUT2D eigenvalue weighted by atomic mass is 19.1. The van der Waals surface area contributed by atoms with Gasteiger partial charge in [0.15, 0.2) is 11.6 Å². The molecule has 108 valence electrons. The number of carbonyl (C=O) groups is 2. The quantitative estimate of drug-likeness (QED) is 0.783. The molecule has 0 aliphatic carbocycles. The molecule has 0 aliphatic heterocycles. The van der Waals surface area contributed by atoms with Crippen molar-refractivity contribution in [3.63, 3.8) is 0 Å². The Morgan fingerprint density at radius 1 is 1.35 bits per heavy atom. The Kier molecular flexibility index (Phi) is 4.85. The van der Waals surface area contributed by atoms with Crippen LogP contribution in [0.2, 0.25) is 0 Å². The monoisotopic (exact) mass is 282 g/mol. The maximum Gasteiger partial charge on any atom is 0.328 e. The van der Waals surface area contributed by atoms with E-state index in [0.717, 1.165) is 12.1 Å². The van der Waals surface area contributed by atoms with Crippen molar-refractivity contribution in [2.24, 2.45) is 5.41 Å². The maximum absolute atomic E-state index is 13.7. The van der Waals surface area contributed by atoms with Crippen molar-refractivity contribution in [2.75, 3.05) is 6.61 Å². The molecule has 1 aromatic rings. The van der Waals surface area contributed by atoms with Crippen molar-refractivity contribution >= 4 is 18.0 Å². The molecule has 20 heavy (non-hydrogen) atoms. The summed E-state index contributed by atoms with van der Waals surface area (Å²) in [7, 11) is 0. The van der Waals surface area contributed by atoms with Crippen LogP contribution in [-0.2, 0) is 9.59 Å². The smallest absolute Gasteiger partial charge is 0.328 e. The van der Waals surface area contributed by atoms with Crippen LogP contribution in [0.15, 0.2) is 24.3 Å². The van der Waals surface area contributed by atoms with Gasteiger partial charge in [0, 0.05) is 6.08 Å². The topological polar surface area (TPSA) is 83.8 Å². The van der Waals surface area contributed by atoms with Crippen molar-refractivity contribution in [3.8, 4) is 5.75 Å². The van der Waals surface area contributed by atoms with Crippen molar-refractivity contribution in [3.05, 3.63) is 35.7 Å². The molecule has 0 heterocycles. The molecule has 0 aliphatic rings. The van der Waals surface area contributed by atoms with Gasteiger partial charge in [-0.3, -0.25) is 4.79 Å². The predicted molar refractivity (Wildman–Crippen MR) is 70.0 cm³/mol. The predicted octanol–water partition coefficient (Wildman–Crippen LogP) is 2.41. The lowest BCUT2D eigenvalue weighted by Gasteiger charge is -2.19. The largest absolute Gasteiger partial charge is 0.489 e. The summed E-state index contributed by atoms with van der Waals surface area (Å²) in [4.78, 5) is 21.2. The van der Waals surface area contributed by atoms with Crippen LogP contribution in [0, 0.1) is 11.2 Å². The number of rotatable bonds is 6. The molecule has 0 unspecified atom stereocenters. The van der Waals surface area contributed by atoms with Gasteiger partial charge in [-0.05, 0) is 37.6 Å². The number of aliphatic carboxylic acids is 2. The van der Waals surface area contributed by atoms with Crippen molar-refractivity contribution in [1.29, 1.82) is 0 Å². The first kappa shape index (κ1) is 15.7. The summed E-state index contributed by atoms with van der Waals surface area (Å²) in [6.45, 7) is 2.76. The molecule has 1 aromatic carbocycles. The molecule has 0 aromatic heterocycles. The fourth-order valence-electron chi connectivity index (χ4n) is 1.23. The van der Waals surface area contributed by atoms with E-state index in [9.17, 15) is 14.0 Å². The van der Waals surface area contributed by atoms with Gasteiger partial charge in [0.25, 0.3) is 0 Å². The van der Waals surface area contributed by atoms with Crippen LogP contribution < -0.4 is 4.74 Å². The molecule has 0 atom stereocenters. The van der Waals surface area contributed by atoms with Gasteiger partial charge in [-0.25, -0.2) is 9.18 Å². The standard InChI is InChI=1S/C14H15FO5/c1-14(2,13(18)19)8-20-11-5-3-9(7-10(11)15)4-6-12(16)17/h3-7H,8H2,1-2H3,(H,16,17)(H,18,19)/b6-4+. The van der Waals surface area contributed by atoms with Crippen LogP contribution >= 0.6 is 0 Å².